The molecule has 0 aliphatic heterocycles. The van der Waals surface area contributed by atoms with Gasteiger partial charge in [-0.2, -0.15) is 0 Å². The largest absolute Gasteiger partial charge is 0.453 e. The molecule has 5 heteroatoms. The molecule has 2 heterocycles. The van der Waals surface area contributed by atoms with Crippen molar-refractivity contribution >= 4 is 22.5 Å². The summed E-state index contributed by atoms with van der Waals surface area (Å²) in [7, 11) is 1.57. The van der Waals surface area contributed by atoms with Gasteiger partial charge in [-0.1, -0.05) is 18.2 Å². The molecule has 3 rings (SSSR count). The number of carbonyl (C=O) groups excluding carboxylic acids is 1. The first-order valence-electron chi connectivity index (χ1n) is 6.50. The summed E-state index contributed by atoms with van der Waals surface area (Å²) in [5.74, 6) is 0.545. The first kappa shape index (κ1) is 13.3. The van der Waals surface area contributed by atoms with Gasteiger partial charge in [-0.3, -0.25) is 9.78 Å². The van der Waals surface area contributed by atoms with Crippen LogP contribution < -0.4 is 5.32 Å². The van der Waals surface area contributed by atoms with E-state index >= 15 is 0 Å². The summed E-state index contributed by atoms with van der Waals surface area (Å²) in [6, 6.07) is 12.9. The average Bonchev–Trinajstić information content (AvgIpc) is 2.96. The lowest BCUT2D eigenvalue weighted by Gasteiger charge is -2.04. The number of fused-ring (bicyclic) bond motifs is 1. The lowest BCUT2D eigenvalue weighted by molar-refractivity contribution is 0.0987. The fraction of sp³-hybridized carbons (Fsp3) is 0.125. The molecule has 0 aliphatic carbocycles. The second-order valence-corrected chi connectivity index (χ2v) is 4.57. The highest BCUT2D eigenvalue weighted by Gasteiger charge is 2.11. The van der Waals surface area contributed by atoms with Crippen LogP contribution in [-0.2, 0) is 11.3 Å². The van der Waals surface area contributed by atoms with Crippen LogP contribution in [0.5, 0.6) is 0 Å². The van der Waals surface area contributed by atoms with Crippen LogP contribution in [0.3, 0.4) is 0 Å². The maximum Gasteiger partial charge on any atom is 0.291 e. The number of nitrogens with zero attached hydrogens (tertiary/aromatic N) is 1. The molecule has 3 aromatic rings. The van der Waals surface area contributed by atoms with Crippen molar-refractivity contribution in [1.82, 2.24) is 4.98 Å². The molecule has 1 aromatic carbocycles. The Bertz CT molecular complexity index is 780. The highest BCUT2D eigenvalue weighted by molar-refractivity contribution is 6.03. The molecular weight excluding hydrogens is 268 g/mol. The number of anilines is 1. The van der Waals surface area contributed by atoms with Gasteiger partial charge >= 0.3 is 0 Å². The molecule has 21 heavy (non-hydrogen) atoms. The summed E-state index contributed by atoms with van der Waals surface area (Å²) >= 11 is 0. The molecule has 0 saturated heterocycles. The van der Waals surface area contributed by atoms with Gasteiger partial charge in [0.2, 0.25) is 0 Å². The Morgan fingerprint density at radius 2 is 2.14 bits per heavy atom. The molecular formula is C16H14N2O3. The van der Waals surface area contributed by atoms with Crippen LogP contribution in [0.1, 0.15) is 16.3 Å². The Labute approximate surface area is 121 Å². The molecule has 1 amide bonds. The number of nitrogens with one attached hydrogen (secondary N) is 1. The van der Waals surface area contributed by atoms with Gasteiger partial charge in [0.05, 0.1) is 17.4 Å². The van der Waals surface area contributed by atoms with Crippen LogP contribution in [0.2, 0.25) is 0 Å². The summed E-state index contributed by atoms with van der Waals surface area (Å²) in [6.07, 6.45) is 1.62. The minimum Gasteiger partial charge on any atom is -0.453 e. The second kappa shape index (κ2) is 5.76. The van der Waals surface area contributed by atoms with E-state index in [-0.39, 0.29) is 11.7 Å². The topological polar surface area (TPSA) is 64.4 Å². The van der Waals surface area contributed by atoms with Crippen molar-refractivity contribution in [3.63, 3.8) is 0 Å². The van der Waals surface area contributed by atoms with Crippen molar-refractivity contribution in [2.45, 2.75) is 6.61 Å². The monoisotopic (exact) mass is 282 g/mol. The van der Waals surface area contributed by atoms with Crippen molar-refractivity contribution in [3.05, 3.63) is 60.2 Å². The van der Waals surface area contributed by atoms with Gasteiger partial charge in [-0.05, 0) is 24.3 Å². The Kier molecular flexibility index (Phi) is 3.66. The first-order chi connectivity index (χ1) is 10.3. The molecule has 5 nitrogen and oxygen atoms in total. The van der Waals surface area contributed by atoms with Gasteiger partial charge in [0.15, 0.2) is 5.76 Å². The molecule has 0 atom stereocenters. The lowest BCUT2D eigenvalue weighted by Crippen LogP contribution is -2.11. The van der Waals surface area contributed by atoms with E-state index in [0.717, 1.165) is 10.9 Å². The van der Waals surface area contributed by atoms with E-state index in [1.54, 1.807) is 25.4 Å². The molecule has 106 valence electrons. The smallest absolute Gasteiger partial charge is 0.291 e. The number of methoxy groups -OCH3 is 1. The van der Waals surface area contributed by atoms with Crippen LogP contribution in [0.15, 0.2) is 53.1 Å². The third-order valence-corrected chi connectivity index (χ3v) is 3.02. The number of para-hydroxylation sites is 1. The average molecular weight is 282 g/mol. The zero-order valence-corrected chi connectivity index (χ0v) is 11.5. The van der Waals surface area contributed by atoms with Gasteiger partial charge in [0.1, 0.15) is 12.4 Å². The van der Waals surface area contributed by atoms with Crippen LogP contribution >= 0.6 is 0 Å². The van der Waals surface area contributed by atoms with Crippen LogP contribution in [0.25, 0.3) is 10.9 Å². The van der Waals surface area contributed by atoms with Crippen molar-refractivity contribution in [3.8, 4) is 0 Å². The van der Waals surface area contributed by atoms with Gasteiger partial charge in [-0.15, -0.1) is 0 Å². The number of hydrogen-bond donors (Lipinski definition) is 1. The highest BCUT2D eigenvalue weighted by Crippen LogP contribution is 2.17. The van der Waals surface area contributed by atoms with Crippen molar-refractivity contribution < 1.29 is 13.9 Å². The lowest BCUT2D eigenvalue weighted by atomic mass is 10.2. The first-order valence-corrected chi connectivity index (χ1v) is 6.50. The van der Waals surface area contributed by atoms with Gasteiger partial charge in [0.25, 0.3) is 5.91 Å². The van der Waals surface area contributed by atoms with E-state index in [1.807, 2.05) is 30.3 Å². The minimum atomic E-state index is -0.311. The molecule has 0 spiro atoms. The third-order valence-electron chi connectivity index (χ3n) is 3.02. The summed E-state index contributed by atoms with van der Waals surface area (Å²) in [5.41, 5.74) is 1.51. The number of amides is 1. The minimum absolute atomic E-state index is 0.246. The van der Waals surface area contributed by atoms with E-state index in [0.29, 0.717) is 18.1 Å². The number of hydrogen-bond acceptors (Lipinski definition) is 4. The van der Waals surface area contributed by atoms with Crippen molar-refractivity contribution in [1.29, 1.82) is 0 Å². The summed E-state index contributed by atoms with van der Waals surface area (Å²) in [6.45, 7) is 0.338. The SMILES string of the molecule is COCc1ccc(C(=O)Nc2cnc3ccccc3c2)o1. The number of benzene rings is 1. The van der Waals surface area contributed by atoms with Gasteiger partial charge < -0.3 is 14.5 Å². The Hall–Kier alpha value is -2.66. The molecule has 0 aliphatic rings. The molecule has 0 bridgehead atoms. The number of ether oxygens (including phenoxy) is 1. The van der Waals surface area contributed by atoms with E-state index in [4.69, 9.17) is 9.15 Å². The normalized spacial score (nSPS) is 10.7. The summed E-state index contributed by atoms with van der Waals surface area (Å²) in [5, 5.41) is 3.74. The highest BCUT2D eigenvalue weighted by atomic mass is 16.5. The summed E-state index contributed by atoms with van der Waals surface area (Å²) < 4.78 is 10.3. The molecule has 0 unspecified atom stereocenters. The maximum absolute atomic E-state index is 12.1. The molecule has 0 saturated carbocycles. The standard InChI is InChI=1S/C16H14N2O3/c1-20-10-13-6-7-15(21-13)16(19)18-12-8-11-4-2-3-5-14(11)17-9-12/h2-9H,10H2,1H3,(H,18,19). The van der Waals surface area contributed by atoms with E-state index < -0.39 is 0 Å². The maximum atomic E-state index is 12.1. The number of aromatic nitrogens is 1. The van der Waals surface area contributed by atoms with Gasteiger partial charge in [-0.25, -0.2) is 0 Å². The van der Waals surface area contributed by atoms with Gasteiger partial charge in [0, 0.05) is 12.5 Å². The third kappa shape index (κ3) is 2.93. The van der Waals surface area contributed by atoms with Crippen LogP contribution in [-0.4, -0.2) is 18.0 Å². The second-order valence-electron chi connectivity index (χ2n) is 4.57. The number of pyridine rings is 1. The fourth-order valence-electron chi connectivity index (χ4n) is 2.05. The summed E-state index contributed by atoms with van der Waals surface area (Å²) in [4.78, 5) is 16.4. The number of rotatable bonds is 4. The fourth-order valence-corrected chi connectivity index (χ4v) is 2.05. The molecule has 0 fully saturated rings. The Morgan fingerprint density at radius 3 is 3.00 bits per heavy atom. The van der Waals surface area contributed by atoms with Crippen LogP contribution in [0, 0.1) is 0 Å². The van der Waals surface area contributed by atoms with E-state index in [9.17, 15) is 4.79 Å². The molecule has 1 N–H and O–H groups in total. The van der Waals surface area contributed by atoms with E-state index in [2.05, 4.69) is 10.3 Å². The van der Waals surface area contributed by atoms with Crippen molar-refractivity contribution in [2.24, 2.45) is 0 Å². The van der Waals surface area contributed by atoms with Crippen LogP contribution in [0.4, 0.5) is 5.69 Å². The molecule has 0 radical (unpaired) electrons. The quantitative estimate of drug-likeness (QED) is 0.798. The predicted octanol–water partition coefficient (Wildman–Crippen LogP) is 3.23. The zero-order valence-electron chi connectivity index (χ0n) is 11.5. The van der Waals surface area contributed by atoms with Crippen molar-refractivity contribution in [2.75, 3.05) is 12.4 Å². The Morgan fingerprint density at radius 1 is 1.29 bits per heavy atom. The zero-order chi connectivity index (χ0) is 14.7. The Balaban J connectivity index is 1.78. The number of furan rings is 1. The number of carbonyl (C=O) groups is 1. The predicted molar refractivity (Wildman–Crippen MR) is 79.1 cm³/mol. The molecule has 2 aromatic heterocycles. The van der Waals surface area contributed by atoms with E-state index in [1.165, 1.54) is 0 Å².